The summed E-state index contributed by atoms with van der Waals surface area (Å²) in [6.45, 7) is 3.62. The Morgan fingerprint density at radius 3 is 2.53 bits per heavy atom. The topological polar surface area (TPSA) is 101 Å². The second kappa shape index (κ2) is 11.3. The van der Waals surface area contributed by atoms with Crippen molar-refractivity contribution < 1.29 is 13.9 Å². The largest absolute Gasteiger partial charge is 0.381 e. The summed E-state index contributed by atoms with van der Waals surface area (Å²) in [7, 11) is 0. The Balaban J connectivity index is 1.25. The zero-order chi connectivity index (χ0) is 26.7. The Morgan fingerprint density at radius 1 is 1.00 bits per heavy atom. The van der Waals surface area contributed by atoms with E-state index in [1.54, 1.807) is 6.07 Å². The summed E-state index contributed by atoms with van der Waals surface area (Å²) in [5.41, 5.74) is -0.953. The Morgan fingerprint density at radius 2 is 1.82 bits per heavy atom. The third-order valence-corrected chi connectivity index (χ3v) is 7.15. The van der Waals surface area contributed by atoms with Crippen LogP contribution < -0.4 is 4.90 Å². The van der Waals surface area contributed by atoms with Gasteiger partial charge in [0, 0.05) is 55.8 Å². The van der Waals surface area contributed by atoms with Gasteiger partial charge in [0.25, 0.3) is 0 Å². The van der Waals surface area contributed by atoms with Crippen molar-refractivity contribution in [3.8, 4) is 0 Å². The quantitative estimate of drug-likeness (QED) is 0.332. The number of anilines is 1. The molecule has 10 nitrogen and oxygen atoms in total. The molecule has 1 unspecified atom stereocenters. The molecule has 1 N–H and O–H groups in total. The summed E-state index contributed by atoms with van der Waals surface area (Å²) in [6.07, 6.45) is 3.23. The van der Waals surface area contributed by atoms with Gasteiger partial charge in [-0.2, -0.15) is 5.10 Å². The molecule has 200 valence electrons. The van der Waals surface area contributed by atoms with Gasteiger partial charge in [0.1, 0.15) is 29.9 Å². The van der Waals surface area contributed by atoms with Gasteiger partial charge in [0.15, 0.2) is 5.82 Å². The first-order chi connectivity index (χ1) is 18.3. The van der Waals surface area contributed by atoms with E-state index >= 15 is 0 Å². The van der Waals surface area contributed by atoms with Gasteiger partial charge >= 0.3 is 0 Å². The third kappa shape index (κ3) is 5.93. The van der Waals surface area contributed by atoms with Crippen LogP contribution in [-0.2, 0) is 25.1 Å². The molecule has 0 aliphatic carbocycles. The van der Waals surface area contributed by atoms with E-state index in [9.17, 15) is 13.9 Å². The van der Waals surface area contributed by atoms with Crippen molar-refractivity contribution in [3.63, 3.8) is 0 Å². The van der Waals surface area contributed by atoms with E-state index in [1.807, 2.05) is 12.1 Å². The lowest BCUT2D eigenvalue weighted by Crippen LogP contribution is -2.47. The number of aromatic nitrogens is 7. The van der Waals surface area contributed by atoms with Gasteiger partial charge in [0.2, 0.25) is 0 Å². The van der Waals surface area contributed by atoms with E-state index in [0.29, 0.717) is 28.8 Å². The van der Waals surface area contributed by atoms with E-state index in [0.717, 1.165) is 44.0 Å². The Labute approximate surface area is 227 Å². The highest BCUT2D eigenvalue weighted by Gasteiger charge is 2.35. The minimum Gasteiger partial charge on any atom is -0.381 e. The van der Waals surface area contributed by atoms with Gasteiger partial charge in [0.05, 0.1) is 23.8 Å². The maximum atomic E-state index is 14.8. The number of tetrazole rings is 1. The predicted octanol–water partition coefficient (Wildman–Crippen LogP) is 2.80. The van der Waals surface area contributed by atoms with Crippen molar-refractivity contribution in [3.05, 3.63) is 82.1 Å². The number of halogens is 4. The van der Waals surface area contributed by atoms with Gasteiger partial charge in [-0.25, -0.2) is 23.1 Å². The highest BCUT2D eigenvalue weighted by atomic mass is 35.5. The Kier molecular flexibility index (Phi) is 7.84. The number of aliphatic hydroxyl groups is 1. The van der Waals surface area contributed by atoms with Crippen molar-refractivity contribution in [2.45, 2.75) is 25.1 Å². The lowest BCUT2D eigenvalue weighted by Gasteiger charge is -2.36. The van der Waals surface area contributed by atoms with E-state index < -0.39 is 17.2 Å². The first kappa shape index (κ1) is 26.4. The maximum absolute atomic E-state index is 14.8. The van der Waals surface area contributed by atoms with Crippen LogP contribution in [0.5, 0.6) is 0 Å². The molecule has 1 atom stereocenters. The minimum atomic E-state index is -1.82. The van der Waals surface area contributed by atoms with Gasteiger partial charge in [-0.3, -0.25) is 4.90 Å². The summed E-state index contributed by atoms with van der Waals surface area (Å²) < 4.78 is 31.2. The van der Waals surface area contributed by atoms with Crippen LogP contribution in [0.25, 0.3) is 0 Å². The van der Waals surface area contributed by atoms with Crippen LogP contribution in [-0.4, -0.2) is 77.7 Å². The lowest BCUT2D eigenvalue weighted by atomic mass is 9.92. The predicted molar refractivity (Wildman–Crippen MR) is 137 cm³/mol. The lowest BCUT2D eigenvalue weighted by molar-refractivity contribution is -0.00975. The van der Waals surface area contributed by atoms with Crippen LogP contribution in [0.15, 0.2) is 49.1 Å². The van der Waals surface area contributed by atoms with E-state index in [4.69, 9.17) is 23.2 Å². The van der Waals surface area contributed by atoms with Crippen molar-refractivity contribution in [1.29, 1.82) is 0 Å². The molecular formula is C24H25Cl2F2N9O. The number of hydrogen-bond donors (Lipinski definition) is 1. The molecule has 14 heteroatoms. The van der Waals surface area contributed by atoms with Crippen molar-refractivity contribution in [1.82, 2.24) is 39.9 Å². The normalized spacial score (nSPS) is 16.1. The molecule has 2 aromatic heterocycles. The third-order valence-electron chi connectivity index (χ3n) is 6.61. The summed E-state index contributed by atoms with van der Waals surface area (Å²) in [4.78, 5) is 8.40. The van der Waals surface area contributed by atoms with E-state index in [2.05, 4.69) is 35.4 Å². The van der Waals surface area contributed by atoms with E-state index in [1.165, 1.54) is 28.1 Å². The van der Waals surface area contributed by atoms with Crippen LogP contribution in [0, 0.1) is 11.6 Å². The standard InChI is InChI=1S/C24H25Cl2F2N9O/c25-17-1-4-22(20(26)11-17)35-9-7-34(8-10-35)6-5-23-31-32-33-37(23)14-24(38,13-36-16-29-15-30-36)19-3-2-18(27)12-21(19)28/h1-4,11-12,15-16,38H,5-10,13-14H2. The molecule has 5 rings (SSSR count). The molecule has 0 amide bonds. The fraction of sp³-hybridized carbons (Fsp3) is 0.375. The minimum absolute atomic E-state index is 0.0900. The zero-order valence-electron chi connectivity index (χ0n) is 20.3. The summed E-state index contributed by atoms with van der Waals surface area (Å²) in [5, 5.41) is 28.8. The average Bonchev–Trinajstić information content (AvgIpc) is 3.55. The highest BCUT2D eigenvalue weighted by molar-refractivity contribution is 6.36. The maximum Gasteiger partial charge on any atom is 0.152 e. The molecule has 0 radical (unpaired) electrons. The van der Waals surface area contributed by atoms with Crippen LogP contribution in [0.1, 0.15) is 11.4 Å². The van der Waals surface area contributed by atoms with Crippen molar-refractivity contribution >= 4 is 28.9 Å². The monoisotopic (exact) mass is 563 g/mol. The van der Waals surface area contributed by atoms with Crippen LogP contribution in [0.2, 0.25) is 10.0 Å². The van der Waals surface area contributed by atoms with Gasteiger partial charge in [-0.05, 0) is 34.7 Å². The number of benzene rings is 2. The van der Waals surface area contributed by atoms with Crippen LogP contribution in [0.4, 0.5) is 14.5 Å². The van der Waals surface area contributed by atoms with Crippen molar-refractivity contribution in [2.75, 3.05) is 37.6 Å². The fourth-order valence-corrected chi connectivity index (χ4v) is 5.18. The molecule has 38 heavy (non-hydrogen) atoms. The molecular weight excluding hydrogens is 539 g/mol. The van der Waals surface area contributed by atoms with Gasteiger partial charge in [-0.1, -0.05) is 29.3 Å². The molecule has 0 spiro atoms. The molecule has 1 aliphatic heterocycles. The van der Waals surface area contributed by atoms with E-state index in [-0.39, 0.29) is 18.7 Å². The molecule has 1 aliphatic rings. The van der Waals surface area contributed by atoms with Crippen molar-refractivity contribution in [2.24, 2.45) is 0 Å². The number of hydrogen-bond acceptors (Lipinski definition) is 8. The number of nitrogens with zero attached hydrogens (tertiary/aromatic N) is 9. The SMILES string of the molecule is OC(Cn1cncn1)(Cn1nnnc1CCN1CCN(c2ccc(Cl)cc2Cl)CC1)c1ccc(F)cc1F. The number of rotatable bonds is 9. The highest BCUT2D eigenvalue weighted by Crippen LogP contribution is 2.30. The summed E-state index contributed by atoms with van der Waals surface area (Å²) in [6, 6.07) is 8.56. The molecule has 0 saturated carbocycles. The molecule has 0 bridgehead atoms. The zero-order valence-corrected chi connectivity index (χ0v) is 21.8. The van der Waals surface area contributed by atoms with Gasteiger partial charge in [-0.15, -0.1) is 5.10 Å². The second-order valence-corrected chi connectivity index (χ2v) is 10.0. The molecule has 1 fully saturated rings. The number of piperazine rings is 1. The Bertz CT molecular complexity index is 1380. The second-order valence-electron chi connectivity index (χ2n) is 9.18. The first-order valence-corrected chi connectivity index (χ1v) is 12.7. The molecule has 4 aromatic rings. The average molecular weight is 564 g/mol. The molecule has 1 saturated heterocycles. The summed E-state index contributed by atoms with van der Waals surface area (Å²) >= 11 is 12.4. The molecule has 2 aromatic carbocycles. The Hall–Kier alpha value is -3.19. The fourth-order valence-electron chi connectivity index (χ4n) is 4.65. The smallest absolute Gasteiger partial charge is 0.152 e. The molecule has 3 heterocycles. The first-order valence-electron chi connectivity index (χ1n) is 12.0. The van der Waals surface area contributed by atoms with Crippen LogP contribution >= 0.6 is 23.2 Å². The van der Waals surface area contributed by atoms with Crippen LogP contribution in [0.3, 0.4) is 0 Å². The summed E-state index contributed by atoms with van der Waals surface area (Å²) in [5.74, 6) is -1.08. The van der Waals surface area contributed by atoms with Gasteiger partial charge < -0.3 is 10.0 Å².